The first-order valence-corrected chi connectivity index (χ1v) is 10.5. The lowest BCUT2D eigenvalue weighted by molar-refractivity contribution is -0.113. The van der Waals surface area contributed by atoms with Crippen molar-refractivity contribution in [2.75, 3.05) is 23.5 Å². The maximum Gasteiger partial charge on any atom is 0.257 e. The molecule has 0 saturated carbocycles. The van der Waals surface area contributed by atoms with Gasteiger partial charge < -0.3 is 10.1 Å². The molecule has 2 aromatic carbocycles. The Labute approximate surface area is 176 Å². The van der Waals surface area contributed by atoms with Gasteiger partial charge in [-0.3, -0.25) is 14.9 Å². The van der Waals surface area contributed by atoms with Gasteiger partial charge in [-0.15, -0.1) is 10.2 Å². The molecule has 0 spiro atoms. The number of carbonyl (C=O) groups excluding carboxylic acids is 2. The van der Waals surface area contributed by atoms with Crippen LogP contribution in [0, 0.1) is 13.8 Å². The van der Waals surface area contributed by atoms with Crippen LogP contribution in [-0.4, -0.2) is 34.9 Å². The minimum absolute atomic E-state index is 0.126. The average Bonchev–Trinajstić information content (AvgIpc) is 3.16. The number of anilines is 2. The first kappa shape index (κ1) is 20.8. The van der Waals surface area contributed by atoms with Crippen LogP contribution in [0.4, 0.5) is 10.8 Å². The number of nitrogens with zero attached hydrogens (tertiary/aromatic N) is 2. The normalized spacial score (nSPS) is 10.4. The zero-order valence-corrected chi connectivity index (χ0v) is 17.8. The fraction of sp³-hybridized carbons (Fsp3) is 0.200. The van der Waals surface area contributed by atoms with Crippen molar-refractivity contribution in [3.05, 3.63) is 59.2 Å². The molecule has 0 fully saturated rings. The molecule has 150 valence electrons. The monoisotopic (exact) mass is 428 g/mol. The number of carbonyl (C=O) groups is 2. The van der Waals surface area contributed by atoms with Crippen molar-refractivity contribution in [2.45, 2.75) is 18.2 Å². The summed E-state index contributed by atoms with van der Waals surface area (Å²) >= 11 is 2.48. The Bertz CT molecular complexity index is 1040. The highest BCUT2D eigenvalue weighted by Crippen LogP contribution is 2.26. The Balaban J connectivity index is 1.53. The summed E-state index contributed by atoms with van der Waals surface area (Å²) in [4.78, 5) is 24.5. The lowest BCUT2D eigenvalue weighted by Crippen LogP contribution is -2.14. The molecule has 1 aromatic heterocycles. The SMILES string of the molecule is COc1cccc(C(=O)Nc2nnc(SCC(=O)Nc3ccc(C)cc3C)s2)c1. The van der Waals surface area contributed by atoms with E-state index in [9.17, 15) is 9.59 Å². The third-order valence-corrected chi connectivity index (χ3v) is 5.91. The zero-order chi connectivity index (χ0) is 20.8. The molecule has 29 heavy (non-hydrogen) atoms. The Morgan fingerprint density at radius 3 is 2.69 bits per heavy atom. The quantitative estimate of drug-likeness (QED) is 0.434. The van der Waals surface area contributed by atoms with E-state index in [2.05, 4.69) is 20.8 Å². The van der Waals surface area contributed by atoms with Gasteiger partial charge in [-0.05, 0) is 43.7 Å². The maximum atomic E-state index is 12.3. The lowest BCUT2D eigenvalue weighted by Gasteiger charge is -2.08. The van der Waals surface area contributed by atoms with Crippen LogP contribution >= 0.6 is 23.1 Å². The summed E-state index contributed by atoms with van der Waals surface area (Å²) in [6.07, 6.45) is 0. The van der Waals surface area contributed by atoms with Crippen LogP contribution in [0.5, 0.6) is 5.75 Å². The number of nitrogens with one attached hydrogen (secondary N) is 2. The highest BCUT2D eigenvalue weighted by molar-refractivity contribution is 8.01. The van der Waals surface area contributed by atoms with Gasteiger partial charge in [0.1, 0.15) is 5.75 Å². The molecule has 0 unspecified atom stereocenters. The smallest absolute Gasteiger partial charge is 0.257 e. The van der Waals surface area contributed by atoms with Crippen molar-refractivity contribution in [1.29, 1.82) is 0 Å². The van der Waals surface area contributed by atoms with E-state index in [0.717, 1.165) is 16.8 Å². The van der Waals surface area contributed by atoms with Gasteiger partial charge in [0.05, 0.1) is 12.9 Å². The molecule has 7 nitrogen and oxygen atoms in total. The van der Waals surface area contributed by atoms with Gasteiger partial charge in [-0.25, -0.2) is 0 Å². The third kappa shape index (κ3) is 5.78. The Morgan fingerprint density at radius 2 is 1.93 bits per heavy atom. The van der Waals surface area contributed by atoms with Gasteiger partial charge in [-0.1, -0.05) is 46.9 Å². The molecule has 0 aliphatic heterocycles. The van der Waals surface area contributed by atoms with Gasteiger partial charge in [0.15, 0.2) is 4.34 Å². The molecule has 0 aliphatic carbocycles. The number of rotatable bonds is 7. The first-order valence-electron chi connectivity index (χ1n) is 8.73. The second-order valence-corrected chi connectivity index (χ2v) is 8.41. The van der Waals surface area contributed by atoms with Crippen LogP contribution in [0.3, 0.4) is 0 Å². The molecule has 0 bridgehead atoms. The summed E-state index contributed by atoms with van der Waals surface area (Å²) in [5.41, 5.74) is 3.42. The van der Waals surface area contributed by atoms with Gasteiger partial charge in [-0.2, -0.15) is 0 Å². The maximum absolute atomic E-state index is 12.3. The number of thioether (sulfide) groups is 1. The van der Waals surface area contributed by atoms with Crippen LogP contribution in [0.25, 0.3) is 0 Å². The van der Waals surface area contributed by atoms with Crippen LogP contribution < -0.4 is 15.4 Å². The van der Waals surface area contributed by atoms with E-state index >= 15 is 0 Å². The number of hydrogen-bond donors (Lipinski definition) is 2. The molecule has 0 saturated heterocycles. The molecule has 2 amide bonds. The molecular weight excluding hydrogens is 408 g/mol. The number of amides is 2. The Kier molecular flexibility index (Phi) is 6.84. The van der Waals surface area contributed by atoms with E-state index in [4.69, 9.17) is 4.74 Å². The second-order valence-electron chi connectivity index (χ2n) is 6.21. The summed E-state index contributed by atoms with van der Waals surface area (Å²) in [7, 11) is 1.54. The van der Waals surface area contributed by atoms with Crippen LogP contribution in [0.2, 0.25) is 0 Å². The van der Waals surface area contributed by atoms with Crippen LogP contribution in [0.1, 0.15) is 21.5 Å². The van der Waals surface area contributed by atoms with Crippen molar-refractivity contribution >= 4 is 45.7 Å². The predicted molar refractivity (Wildman–Crippen MR) is 116 cm³/mol. The van der Waals surface area contributed by atoms with Gasteiger partial charge in [0.25, 0.3) is 5.91 Å². The summed E-state index contributed by atoms with van der Waals surface area (Å²) in [5.74, 6) is 0.371. The molecule has 3 rings (SSSR count). The van der Waals surface area contributed by atoms with E-state index in [1.807, 2.05) is 32.0 Å². The second kappa shape index (κ2) is 9.53. The van der Waals surface area contributed by atoms with E-state index in [-0.39, 0.29) is 17.6 Å². The standard InChI is InChI=1S/C20H20N4O3S2/c1-12-7-8-16(13(2)9-12)21-17(25)11-28-20-24-23-19(29-20)22-18(26)14-5-4-6-15(10-14)27-3/h4-10H,11H2,1-3H3,(H,21,25)(H,22,23,26). The van der Waals surface area contributed by atoms with Crippen molar-refractivity contribution in [2.24, 2.45) is 0 Å². The van der Waals surface area contributed by atoms with Gasteiger partial charge >= 0.3 is 0 Å². The van der Waals surface area contributed by atoms with Gasteiger partial charge in [0, 0.05) is 11.3 Å². The first-order chi connectivity index (χ1) is 13.9. The van der Waals surface area contributed by atoms with Crippen molar-refractivity contribution in [3.8, 4) is 5.75 Å². The fourth-order valence-electron chi connectivity index (χ4n) is 2.52. The number of aryl methyl sites for hydroxylation is 2. The Morgan fingerprint density at radius 1 is 1.10 bits per heavy atom. The zero-order valence-electron chi connectivity index (χ0n) is 16.2. The summed E-state index contributed by atoms with van der Waals surface area (Å²) in [6.45, 7) is 3.96. The van der Waals surface area contributed by atoms with E-state index in [1.54, 1.807) is 31.4 Å². The highest BCUT2D eigenvalue weighted by Gasteiger charge is 2.13. The topological polar surface area (TPSA) is 93.2 Å². The molecule has 2 N–H and O–H groups in total. The number of benzene rings is 2. The summed E-state index contributed by atoms with van der Waals surface area (Å²) in [5, 5.41) is 14.0. The van der Waals surface area contributed by atoms with Crippen molar-refractivity contribution in [1.82, 2.24) is 10.2 Å². The Hall–Kier alpha value is -2.91. The van der Waals surface area contributed by atoms with Crippen LogP contribution in [0.15, 0.2) is 46.8 Å². The molecule has 0 atom stereocenters. The number of methoxy groups -OCH3 is 1. The lowest BCUT2D eigenvalue weighted by atomic mass is 10.1. The average molecular weight is 429 g/mol. The summed E-state index contributed by atoms with van der Waals surface area (Å²) < 4.78 is 5.72. The minimum Gasteiger partial charge on any atom is -0.497 e. The van der Waals surface area contributed by atoms with Crippen molar-refractivity contribution < 1.29 is 14.3 Å². The summed E-state index contributed by atoms with van der Waals surface area (Å²) in [6, 6.07) is 12.7. The minimum atomic E-state index is -0.302. The number of hydrogen-bond acceptors (Lipinski definition) is 7. The largest absolute Gasteiger partial charge is 0.497 e. The molecular formula is C20H20N4O3S2. The molecule has 3 aromatic rings. The number of ether oxygens (including phenoxy) is 1. The van der Waals surface area contributed by atoms with Crippen molar-refractivity contribution in [3.63, 3.8) is 0 Å². The third-order valence-electron chi connectivity index (χ3n) is 3.94. The van der Waals surface area contributed by atoms with Gasteiger partial charge in [0.2, 0.25) is 11.0 Å². The van der Waals surface area contributed by atoms with Crippen LogP contribution in [-0.2, 0) is 4.79 Å². The molecule has 9 heteroatoms. The van der Waals surface area contributed by atoms with E-state index in [0.29, 0.717) is 20.8 Å². The van der Waals surface area contributed by atoms with E-state index in [1.165, 1.54) is 23.1 Å². The molecule has 0 radical (unpaired) electrons. The number of aromatic nitrogens is 2. The van der Waals surface area contributed by atoms with E-state index < -0.39 is 0 Å². The highest BCUT2D eigenvalue weighted by atomic mass is 32.2. The fourth-order valence-corrected chi connectivity index (χ4v) is 4.07. The molecule has 1 heterocycles. The predicted octanol–water partition coefficient (Wildman–Crippen LogP) is 4.15. The molecule has 0 aliphatic rings.